The van der Waals surface area contributed by atoms with Crippen molar-refractivity contribution in [1.82, 2.24) is 4.72 Å². The van der Waals surface area contributed by atoms with E-state index in [0.29, 0.717) is 0 Å². The number of nitrogens with one attached hydrogen (secondary N) is 1. The normalized spacial score (nSPS) is 11.6. The summed E-state index contributed by atoms with van der Waals surface area (Å²) in [5, 5.41) is 8.40. The van der Waals surface area contributed by atoms with Crippen LogP contribution in [0.25, 0.3) is 0 Å². The van der Waals surface area contributed by atoms with Gasteiger partial charge >= 0.3 is 5.97 Å². The molecular formula is C9H12BrNO4S2. The molecule has 1 heterocycles. The van der Waals surface area contributed by atoms with Gasteiger partial charge in [0.2, 0.25) is 10.0 Å². The first-order valence-corrected chi connectivity index (χ1v) is 8.08. The Hall–Kier alpha value is -0.440. The van der Waals surface area contributed by atoms with Gasteiger partial charge in [-0.25, -0.2) is 13.1 Å². The van der Waals surface area contributed by atoms with Crippen molar-refractivity contribution in [2.45, 2.75) is 19.4 Å². The zero-order valence-corrected chi connectivity index (χ0v) is 12.1. The summed E-state index contributed by atoms with van der Waals surface area (Å²) in [4.78, 5) is 11.2. The molecule has 1 rings (SSSR count). The molecule has 0 fully saturated rings. The van der Waals surface area contributed by atoms with Gasteiger partial charge in [0.15, 0.2) is 0 Å². The van der Waals surface area contributed by atoms with E-state index in [0.717, 1.165) is 8.66 Å². The van der Waals surface area contributed by atoms with Gasteiger partial charge in [0.25, 0.3) is 0 Å². The van der Waals surface area contributed by atoms with Crippen LogP contribution < -0.4 is 4.72 Å². The molecule has 0 spiro atoms. The third-order valence-electron chi connectivity index (χ3n) is 1.90. The number of thiophene rings is 1. The largest absolute Gasteiger partial charge is 0.481 e. The Kier molecular flexibility index (Phi) is 5.57. The fourth-order valence-corrected chi connectivity index (χ4v) is 3.67. The molecule has 0 bridgehead atoms. The predicted octanol–water partition coefficient (Wildman–Crippen LogP) is 1.79. The van der Waals surface area contributed by atoms with Gasteiger partial charge in [-0.2, -0.15) is 0 Å². The summed E-state index contributed by atoms with van der Waals surface area (Å²) < 4.78 is 26.3. The highest BCUT2D eigenvalue weighted by Crippen LogP contribution is 2.21. The molecule has 5 nitrogen and oxygen atoms in total. The zero-order chi connectivity index (χ0) is 12.9. The van der Waals surface area contributed by atoms with Crippen molar-refractivity contribution in [3.63, 3.8) is 0 Å². The monoisotopic (exact) mass is 341 g/mol. The number of halogens is 1. The Bertz CT molecular complexity index is 483. The topological polar surface area (TPSA) is 83.5 Å². The van der Waals surface area contributed by atoms with Gasteiger partial charge in [0.05, 0.1) is 9.54 Å². The third kappa shape index (κ3) is 6.16. The number of carboxylic acids is 1. The number of rotatable bonds is 7. The van der Waals surface area contributed by atoms with Gasteiger partial charge in [-0.05, 0) is 34.5 Å². The molecule has 8 heteroatoms. The number of carbonyl (C=O) groups is 1. The summed E-state index contributed by atoms with van der Waals surface area (Å²) in [5.74, 6) is -1.14. The first-order chi connectivity index (χ1) is 7.89. The number of hydrogen-bond donors (Lipinski definition) is 2. The summed E-state index contributed by atoms with van der Waals surface area (Å²) in [6.07, 6.45) is -0.00966. The molecule has 17 heavy (non-hydrogen) atoms. The lowest BCUT2D eigenvalue weighted by Crippen LogP contribution is -2.25. The van der Waals surface area contributed by atoms with E-state index < -0.39 is 16.0 Å². The fraction of sp³-hybridized carbons (Fsp3) is 0.444. The molecule has 0 aliphatic carbocycles. The van der Waals surface area contributed by atoms with Crippen molar-refractivity contribution >= 4 is 43.3 Å². The Morgan fingerprint density at radius 3 is 2.71 bits per heavy atom. The zero-order valence-electron chi connectivity index (χ0n) is 8.85. The molecule has 0 aromatic carbocycles. The lowest BCUT2D eigenvalue weighted by Gasteiger charge is -2.04. The number of aliphatic carboxylic acids is 1. The van der Waals surface area contributed by atoms with Crippen LogP contribution in [-0.2, 0) is 21.4 Å². The van der Waals surface area contributed by atoms with E-state index in [2.05, 4.69) is 20.7 Å². The Labute approximate surface area is 112 Å². The fourth-order valence-electron chi connectivity index (χ4n) is 1.11. The Balaban J connectivity index is 2.36. The van der Waals surface area contributed by atoms with Crippen molar-refractivity contribution in [3.05, 3.63) is 20.8 Å². The Morgan fingerprint density at radius 1 is 1.47 bits per heavy atom. The molecule has 0 unspecified atom stereocenters. The molecule has 0 radical (unpaired) electrons. The molecule has 0 saturated heterocycles. The standard InChI is InChI=1S/C9H12BrNO4S2/c10-8-4-3-7(16-8)6-11-17(14,15)5-1-2-9(12)13/h3-4,11H,1-2,5-6H2,(H,12,13). The van der Waals surface area contributed by atoms with Gasteiger partial charge in [-0.15, -0.1) is 11.3 Å². The van der Waals surface area contributed by atoms with Crippen LogP contribution in [0.15, 0.2) is 15.9 Å². The van der Waals surface area contributed by atoms with E-state index in [1.54, 1.807) is 0 Å². The highest BCUT2D eigenvalue weighted by molar-refractivity contribution is 9.11. The van der Waals surface area contributed by atoms with Gasteiger partial charge in [-0.1, -0.05) is 0 Å². The van der Waals surface area contributed by atoms with Crippen molar-refractivity contribution in [3.8, 4) is 0 Å². The minimum Gasteiger partial charge on any atom is -0.481 e. The number of sulfonamides is 1. The number of hydrogen-bond acceptors (Lipinski definition) is 4. The van der Waals surface area contributed by atoms with Gasteiger partial charge in [0.1, 0.15) is 0 Å². The van der Waals surface area contributed by atoms with Gasteiger partial charge in [-0.3, -0.25) is 4.79 Å². The molecular weight excluding hydrogens is 330 g/mol. The van der Waals surface area contributed by atoms with Crippen molar-refractivity contribution in [2.24, 2.45) is 0 Å². The SMILES string of the molecule is O=C(O)CCCS(=O)(=O)NCc1ccc(Br)s1. The molecule has 0 atom stereocenters. The maximum Gasteiger partial charge on any atom is 0.303 e. The predicted molar refractivity (Wildman–Crippen MR) is 69.5 cm³/mol. The summed E-state index contributed by atoms with van der Waals surface area (Å²) in [5.41, 5.74) is 0. The molecule has 1 aromatic heterocycles. The second-order valence-corrected chi connectivity index (χ2v) is 7.82. The molecule has 1 aromatic rings. The van der Waals surface area contributed by atoms with Crippen LogP contribution in [0.1, 0.15) is 17.7 Å². The van der Waals surface area contributed by atoms with E-state index in [9.17, 15) is 13.2 Å². The van der Waals surface area contributed by atoms with Crippen LogP contribution in [0.3, 0.4) is 0 Å². The van der Waals surface area contributed by atoms with Crippen LogP contribution in [0.5, 0.6) is 0 Å². The smallest absolute Gasteiger partial charge is 0.303 e. The first kappa shape index (κ1) is 14.6. The maximum absolute atomic E-state index is 11.5. The lowest BCUT2D eigenvalue weighted by molar-refractivity contribution is -0.137. The van der Waals surface area contributed by atoms with Gasteiger partial charge < -0.3 is 5.11 Å². The molecule has 0 aliphatic heterocycles. The molecule has 0 saturated carbocycles. The van der Waals surface area contributed by atoms with Crippen LogP contribution in [0.4, 0.5) is 0 Å². The molecule has 96 valence electrons. The minimum atomic E-state index is -3.39. The van der Waals surface area contributed by atoms with Crippen LogP contribution >= 0.6 is 27.3 Å². The highest BCUT2D eigenvalue weighted by atomic mass is 79.9. The van der Waals surface area contributed by atoms with Crippen molar-refractivity contribution < 1.29 is 18.3 Å². The first-order valence-electron chi connectivity index (χ1n) is 4.82. The van der Waals surface area contributed by atoms with Crippen molar-refractivity contribution in [1.29, 1.82) is 0 Å². The van der Waals surface area contributed by atoms with Crippen LogP contribution in [-0.4, -0.2) is 25.2 Å². The average molecular weight is 342 g/mol. The second kappa shape index (κ2) is 6.48. The average Bonchev–Trinajstić information content (AvgIpc) is 2.61. The Morgan fingerprint density at radius 2 is 2.18 bits per heavy atom. The van der Waals surface area contributed by atoms with E-state index >= 15 is 0 Å². The molecule has 2 N–H and O–H groups in total. The molecule has 0 aliphatic rings. The summed E-state index contributed by atoms with van der Waals surface area (Å²) in [7, 11) is -3.39. The van der Waals surface area contributed by atoms with Crippen LogP contribution in [0.2, 0.25) is 0 Å². The number of carboxylic acid groups (broad SMARTS) is 1. The lowest BCUT2D eigenvalue weighted by atomic mass is 10.3. The van der Waals surface area contributed by atoms with E-state index in [1.165, 1.54) is 11.3 Å². The summed E-state index contributed by atoms with van der Waals surface area (Å²) in [6, 6.07) is 3.67. The van der Waals surface area contributed by atoms with Crippen LogP contribution in [0, 0.1) is 0 Å². The highest BCUT2D eigenvalue weighted by Gasteiger charge is 2.11. The van der Waals surface area contributed by atoms with Crippen molar-refractivity contribution in [2.75, 3.05) is 5.75 Å². The van der Waals surface area contributed by atoms with E-state index in [1.807, 2.05) is 12.1 Å². The van der Waals surface area contributed by atoms with E-state index in [-0.39, 0.29) is 25.1 Å². The quantitative estimate of drug-likeness (QED) is 0.791. The van der Waals surface area contributed by atoms with E-state index in [4.69, 9.17) is 5.11 Å². The minimum absolute atomic E-state index is 0.124. The maximum atomic E-state index is 11.5. The summed E-state index contributed by atoms with van der Waals surface area (Å²) in [6.45, 7) is 0.242. The van der Waals surface area contributed by atoms with Gasteiger partial charge in [0, 0.05) is 17.8 Å². The molecule has 0 amide bonds. The second-order valence-electron chi connectivity index (χ2n) is 3.34. The third-order valence-corrected chi connectivity index (χ3v) is 4.93. The summed E-state index contributed by atoms with van der Waals surface area (Å²) >= 11 is 4.74.